The fourth-order valence-electron chi connectivity index (χ4n) is 4.39. The highest BCUT2D eigenvalue weighted by molar-refractivity contribution is 5.92. The maximum Gasteiger partial charge on any atom is 0.250 e. The lowest BCUT2D eigenvalue weighted by Gasteiger charge is -2.17. The van der Waals surface area contributed by atoms with Gasteiger partial charge in [0.25, 0.3) is 0 Å². The second kappa shape index (κ2) is 10.2. The Balaban J connectivity index is 1.27. The van der Waals surface area contributed by atoms with Gasteiger partial charge in [-0.1, -0.05) is 51.1 Å². The van der Waals surface area contributed by atoms with Crippen LogP contribution >= 0.6 is 0 Å². The van der Waals surface area contributed by atoms with Crippen molar-refractivity contribution in [2.75, 3.05) is 6.54 Å². The molecule has 1 heterocycles. The van der Waals surface area contributed by atoms with Crippen LogP contribution in [0.3, 0.4) is 0 Å². The first-order valence-electron chi connectivity index (χ1n) is 11.7. The molecule has 0 radical (unpaired) electrons. The molecule has 1 aliphatic rings. The molecule has 1 amide bonds. The van der Waals surface area contributed by atoms with Crippen LogP contribution < -0.4 is 15.8 Å². The van der Waals surface area contributed by atoms with Gasteiger partial charge < -0.3 is 15.8 Å². The van der Waals surface area contributed by atoms with E-state index >= 15 is 0 Å². The molecule has 5 nitrogen and oxygen atoms in total. The lowest BCUT2D eigenvalue weighted by atomic mass is 9.97. The van der Waals surface area contributed by atoms with Gasteiger partial charge in [0.1, 0.15) is 5.75 Å². The minimum absolute atomic E-state index is 0.368. The molecule has 1 aliphatic carbocycles. The van der Waals surface area contributed by atoms with Crippen molar-refractivity contribution in [2.45, 2.75) is 52.0 Å². The number of aromatic nitrogens is 1. The molecule has 0 spiro atoms. The SMILES string of the molecule is CC(CNC1Cc2ccc(Oc3ccc(C(N)=O)cn3)cc2C1)Cc1ccc(C(C)C)cc1. The lowest BCUT2D eigenvalue weighted by molar-refractivity contribution is 0.1000. The van der Waals surface area contributed by atoms with Crippen molar-refractivity contribution in [3.8, 4) is 11.6 Å². The molecule has 2 atom stereocenters. The Morgan fingerprint density at radius 1 is 1.06 bits per heavy atom. The van der Waals surface area contributed by atoms with Crippen molar-refractivity contribution in [1.82, 2.24) is 10.3 Å². The van der Waals surface area contributed by atoms with Crippen molar-refractivity contribution in [3.05, 3.63) is 88.6 Å². The van der Waals surface area contributed by atoms with Gasteiger partial charge >= 0.3 is 0 Å². The molecular weight excluding hydrogens is 410 g/mol. The number of ether oxygens (including phenoxy) is 1. The van der Waals surface area contributed by atoms with E-state index in [-0.39, 0.29) is 0 Å². The smallest absolute Gasteiger partial charge is 0.250 e. The number of amides is 1. The summed E-state index contributed by atoms with van der Waals surface area (Å²) < 4.78 is 5.88. The number of carbonyl (C=O) groups excluding carboxylic acids is 1. The third-order valence-corrected chi connectivity index (χ3v) is 6.34. The summed E-state index contributed by atoms with van der Waals surface area (Å²) in [5.74, 6) is 1.86. The Hall–Kier alpha value is -3.18. The standard InChI is InChI=1S/C28H33N3O2/c1-18(2)21-6-4-20(5-7-21)12-19(3)16-30-25-13-22-8-10-26(15-24(22)14-25)33-27-11-9-23(17-31-27)28(29)32/h4-11,15,17-19,25,30H,12-14,16H2,1-3H3,(H2,29,32). The molecule has 3 aromatic rings. The molecule has 33 heavy (non-hydrogen) atoms. The summed E-state index contributed by atoms with van der Waals surface area (Å²) in [7, 11) is 0. The molecule has 2 aromatic carbocycles. The Kier molecular flexibility index (Phi) is 7.09. The molecule has 0 fully saturated rings. The number of rotatable bonds is 9. The summed E-state index contributed by atoms with van der Waals surface area (Å²) in [5, 5.41) is 3.77. The predicted molar refractivity (Wildman–Crippen MR) is 132 cm³/mol. The van der Waals surface area contributed by atoms with Gasteiger partial charge in [-0.25, -0.2) is 4.98 Å². The fourth-order valence-corrected chi connectivity index (χ4v) is 4.39. The lowest BCUT2D eigenvalue weighted by Crippen LogP contribution is -2.33. The van der Waals surface area contributed by atoms with E-state index in [2.05, 4.69) is 67.5 Å². The van der Waals surface area contributed by atoms with Gasteiger partial charge in [0.05, 0.1) is 5.56 Å². The number of fused-ring (bicyclic) bond motifs is 1. The zero-order valence-electron chi connectivity index (χ0n) is 19.7. The molecule has 5 heteroatoms. The van der Waals surface area contributed by atoms with E-state index in [1.54, 1.807) is 12.1 Å². The van der Waals surface area contributed by atoms with E-state index in [0.717, 1.165) is 31.6 Å². The largest absolute Gasteiger partial charge is 0.439 e. The van der Waals surface area contributed by atoms with E-state index in [0.29, 0.717) is 29.3 Å². The Morgan fingerprint density at radius 3 is 2.48 bits per heavy atom. The van der Waals surface area contributed by atoms with Crippen LogP contribution in [0, 0.1) is 5.92 Å². The number of nitrogens with one attached hydrogen (secondary N) is 1. The number of primary amides is 1. The Labute approximate surface area is 196 Å². The van der Waals surface area contributed by atoms with Crippen LogP contribution in [-0.2, 0) is 19.3 Å². The van der Waals surface area contributed by atoms with Crippen LogP contribution in [0.2, 0.25) is 0 Å². The van der Waals surface area contributed by atoms with E-state index in [1.165, 1.54) is 28.5 Å². The van der Waals surface area contributed by atoms with Crippen molar-refractivity contribution >= 4 is 5.91 Å². The number of hydrogen-bond donors (Lipinski definition) is 2. The number of benzene rings is 2. The van der Waals surface area contributed by atoms with E-state index < -0.39 is 5.91 Å². The predicted octanol–water partition coefficient (Wildman–Crippen LogP) is 5.03. The third-order valence-electron chi connectivity index (χ3n) is 6.34. The normalized spacial score (nSPS) is 15.9. The minimum atomic E-state index is -0.497. The summed E-state index contributed by atoms with van der Waals surface area (Å²) in [6.07, 6.45) is 4.56. The zero-order chi connectivity index (χ0) is 23.4. The number of hydrogen-bond acceptors (Lipinski definition) is 4. The van der Waals surface area contributed by atoms with Crippen LogP contribution in [0.5, 0.6) is 11.6 Å². The van der Waals surface area contributed by atoms with Crippen LogP contribution in [-0.4, -0.2) is 23.5 Å². The van der Waals surface area contributed by atoms with Gasteiger partial charge in [-0.15, -0.1) is 0 Å². The van der Waals surface area contributed by atoms with Gasteiger partial charge in [-0.05, 0) is 78.1 Å². The summed E-state index contributed by atoms with van der Waals surface area (Å²) in [6.45, 7) is 7.78. The maximum absolute atomic E-state index is 11.2. The highest BCUT2D eigenvalue weighted by Gasteiger charge is 2.22. The van der Waals surface area contributed by atoms with E-state index in [9.17, 15) is 4.79 Å². The van der Waals surface area contributed by atoms with E-state index in [4.69, 9.17) is 10.5 Å². The highest BCUT2D eigenvalue weighted by Crippen LogP contribution is 2.29. The summed E-state index contributed by atoms with van der Waals surface area (Å²) in [5.41, 5.74) is 11.1. The molecule has 4 rings (SSSR count). The molecule has 0 aliphatic heterocycles. The van der Waals surface area contributed by atoms with Crippen molar-refractivity contribution in [2.24, 2.45) is 11.7 Å². The van der Waals surface area contributed by atoms with Gasteiger partial charge in [-0.3, -0.25) is 4.79 Å². The maximum atomic E-state index is 11.2. The minimum Gasteiger partial charge on any atom is -0.439 e. The van der Waals surface area contributed by atoms with Crippen LogP contribution in [0.4, 0.5) is 0 Å². The molecule has 2 unspecified atom stereocenters. The molecule has 0 saturated carbocycles. The first-order chi connectivity index (χ1) is 15.9. The first kappa shape index (κ1) is 23.0. The quantitative estimate of drug-likeness (QED) is 0.486. The van der Waals surface area contributed by atoms with Crippen LogP contribution in [0.1, 0.15) is 59.3 Å². The topological polar surface area (TPSA) is 77.2 Å². The van der Waals surface area contributed by atoms with Crippen molar-refractivity contribution < 1.29 is 9.53 Å². The molecule has 0 saturated heterocycles. The fraction of sp³-hybridized carbons (Fsp3) is 0.357. The van der Waals surface area contributed by atoms with Crippen molar-refractivity contribution in [1.29, 1.82) is 0 Å². The Bertz CT molecular complexity index is 1090. The molecule has 1 aromatic heterocycles. The molecule has 3 N–H and O–H groups in total. The van der Waals surface area contributed by atoms with E-state index in [1.807, 2.05) is 6.07 Å². The van der Waals surface area contributed by atoms with Crippen LogP contribution in [0.15, 0.2) is 60.8 Å². The monoisotopic (exact) mass is 443 g/mol. The summed E-state index contributed by atoms with van der Waals surface area (Å²) >= 11 is 0. The van der Waals surface area contributed by atoms with Crippen molar-refractivity contribution in [3.63, 3.8) is 0 Å². The van der Waals surface area contributed by atoms with Gasteiger partial charge in [0.15, 0.2) is 0 Å². The zero-order valence-corrected chi connectivity index (χ0v) is 19.7. The average Bonchev–Trinajstić information content (AvgIpc) is 3.21. The third kappa shape index (κ3) is 5.99. The second-order valence-corrected chi connectivity index (χ2v) is 9.50. The van der Waals surface area contributed by atoms with Gasteiger partial charge in [-0.2, -0.15) is 0 Å². The number of carbonyl (C=O) groups is 1. The second-order valence-electron chi connectivity index (χ2n) is 9.50. The Morgan fingerprint density at radius 2 is 1.82 bits per heavy atom. The van der Waals surface area contributed by atoms with Gasteiger partial charge in [0.2, 0.25) is 11.8 Å². The molecule has 172 valence electrons. The molecular formula is C28H33N3O2. The highest BCUT2D eigenvalue weighted by atomic mass is 16.5. The molecule has 0 bridgehead atoms. The van der Waals surface area contributed by atoms with Crippen LogP contribution in [0.25, 0.3) is 0 Å². The summed E-state index contributed by atoms with van der Waals surface area (Å²) in [6, 6.07) is 19.0. The average molecular weight is 444 g/mol. The summed E-state index contributed by atoms with van der Waals surface area (Å²) in [4.78, 5) is 15.4. The number of nitrogens with two attached hydrogens (primary N) is 1. The number of pyridine rings is 1. The first-order valence-corrected chi connectivity index (χ1v) is 11.7. The van der Waals surface area contributed by atoms with Gasteiger partial charge in [0, 0.05) is 18.3 Å². The number of nitrogens with zero attached hydrogens (tertiary/aromatic N) is 1.